The van der Waals surface area contributed by atoms with Crippen molar-refractivity contribution in [3.8, 4) is 17.0 Å². The molecule has 1 saturated carbocycles. The number of ether oxygens (including phenoxy) is 1. The number of hydrogen-bond donors (Lipinski definition) is 1. The van der Waals surface area contributed by atoms with Crippen LogP contribution >= 0.6 is 24.8 Å². The zero-order chi connectivity index (χ0) is 17.1. The Balaban J connectivity index is 0.000000961. The predicted molar refractivity (Wildman–Crippen MR) is 117 cm³/mol. The first kappa shape index (κ1) is 19.6. The van der Waals surface area contributed by atoms with Crippen LogP contribution in [0.5, 0.6) is 5.75 Å². The number of pyridine rings is 1. The van der Waals surface area contributed by atoms with Crippen LogP contribution < -0.4 is 4.74 Å². The Hall–Kier alpha value is -1.75. The monoisotopic (exact) mass is 417 g/mol. The molecule has 0 amide bonds. The molecule has 4 bridgehead atoms. The van der Waals surface area contributed by atoms with E-state index in [-0.39, 0.29) is 24.8 Å². The van der Waals surface area contributed by atoms with Crippen molar-refractivity contribution in [2.75, 3.05) is 19.6 Å². The highest BCUT2D eigenvalue weighted by molar-refractivity contribution is 5.86. The summed E-state index contributed by atoms with van der Waals surface area (Å²) in [7, 11) is 0. The average molecular weight is 418 g/mol. The second-order valence-corrected chi connectivity index (χ2v) is 8.32. The van der Waals surface area contributed by atoms with Crippen molar-refractivity contribution in [2.24, 2.45) is 17.8 Å². The summed E-state index contributed by atoms with van der Waals surface area (Å²) < 4.78 is 6.44. The fourth-order valence-corrected chi connectivity index (χ4v) is 5.54. The zero-order valence-corrected chi connectivity index (χ0v) is 17.2. The number of nitrogens with one attached hydrogen (secondary N) is 1. The molecule has 0 radical (unpaired) electrons. The standard InChI is InChI=1S/C22H23N3O.2ClH/c1-2-16(9-21-15(1)5-6-23-21)20-4-3-19(10-24-20)26-22-17-7-14-8-18(22)13-25(11-14)12-17;;/h1-6,9-10,14,17-18,22-23H,7-8,11-13H2;2*1H/t14?,17-,18-,22?;;/m1../s1. The summed E-state index contributed by atoms with van der Waals surface area (Å²) in [5.41, 5.74) is 3.27. The summed E-state index contributed by atoms with van der Waals surface area (Å²) in [5, 5.41) is 1.23. The predicted octanol–water partition coefficient (Wildman–Crippen LogP) is 4.79. The Labute approximate surface area is 177 Å². The molecule has 2 atom stereocenters. The van der Waals surface area contributed by atoms with Crippen molar-refractivity contribution in [1.82, 2.24) is 14.9 Å². The van der Waals surface area contributed by atoms with Gasteiger partial charge in [0, 0.05) is 48.7 Å². The maximum Gasteiger partial charge on any atom is 0.138 e. The number of H-pyrrole nitrogens is 1. The lowest BCUT2D eigenvalue weighted by atomic mass is 9.66. The second kappa shape index (κ2) is 7.58. The summed E-state index contributed by atoms with van der Waals surface area (Å²) in [6, 6.07) is 12.7. The maximum atomic E-state index is 6.44. The molecule has 5 heterocycles. The number of hydrogen-bond acceptors (Lipinski definition) is 3. The number of halogens is 2. The first-order valence-electron chi connectivity index (χ1n) is 9.74. The van der Waals surface area contributed by atoms with Crippen LogP contribution in [0.3, 0.4) is 0 Å². The highest BCUT2D eigenvalue weighted by Crippen LogP contribution is 2.44. The lowest BCUT2D eigenvalue weighted by Crippen LogP contribution is -2.61. The molecule has 1 N–H and O–H groups in total. The Bertz CT molecular complexity index is 928. The van der Waals surface area contributed by atoms with Crippen molar-refractivity contribution in [3.05, 3.63) is 48.8 Å². The SMILES string of the molecule is Cl.Cl.c1cc2ccc(-c3ccc(OC4[C@@H]5CC6C[C@@H]4CN(C6)C5)cn3)cc2[nH]1. The van der Waals surface area contributed by atoms with E-state index in [0.717, 1.165) is 28.4 Å². The van der Waals surface area contributed by atoms with E-state index in [1.54, 1.807) is 0 Å². The molecule has 2 aromatic heterocycles. The molecule has 4 fully saturated rings. The van der Waals surface area contributed by atoms with Crippen molar-refractivity contribution in [2.45, 2.75) is 18.9 Å². The Morgan fingerprint density at radius 1 is 0.964 bits per heavy atom. The first-order valence-corrected chi connectivity index (χ1v) is 9.74. The molecule has 4 nitrogen and oxygen atoms in total. The molecule has 1 aromatic carbocycles. The molecule has 0 spiro atoms. The van der Waals surface area contributed by atoms with Gasteiger partial charge in [-0.05, 0) is 48.4 Å². The highest BCUT2D eigenvalue weighted by Gasteiger charge is 2.48. The molecular weight excluding hydrogens is 393 g/mol. The number of aromatic nitrogens is 2. The van der Waals surface area contributed by atoms with E-state index >= 15 is 0 Å². The van der Waals surface area contributed by atoms with Crippen LogP contribution in [0.15, 0.2) is 48.8 Å². The molecule has 3 saturated heterocycles. The third kappa shape index (κ3) is 3.28. The molecule has 3 aliphatic heterocycles. The van der Waals surface area contributed by atoms with E-state index in [1.807, 2.05) is 12.4 Å². The number of nitrogens with zero attached hydrogens (tertiary/aromatic N) is 2. The number of aromatic amines is 1. The van der Waals surface area contributed by atoms with E-state index in [0.29, 0.717) is 17.9 Å². The van der Waals surface area contributed by atoms with Crippen molar-refractivity contribution >= 4 is 35.7 Å². The summed E-state index contributed by atoms with van der Waals surface area (Å²) in [4.78, 5) is 10.6. The van der Waals surface area contributed by atoms with E-state index < -0.39 is 0 Å². The number of fused-ring (bicyclic) bond motifs is 1. The van der Waals surface area contributed by atoms with Gasteiger partial charge in [-0.3, -0.25) is 4.98 Å². The van der Waals surface area contributed by atoms with Crippen LogP contribution in [-0.4, -0.2) is 40.6 Å². The van der Waals surface area contributed by atoms with Crippen LogP contribution in [0.2, 0.25) is 0 Å². The van der Waals surface area contributed by atoms with Crippen molar-refractivity contribution < 1.29 is 4.74 Å². The summed E-state index contributed by atoms with van der Waals surface area (Å²) >= 11 is 0. The average Bonchev–Trinajstić information content (AvgIpc) is 3.12. The third-order valence-corrected chi connectivity index (χ3v) is 6.56. The molecule has 148 valence electrons. The fraction of sp³-hybridized carbons (Fsp3) is 0.409. The molecular formula is C22H25Cl2N3O. The highest BCUT2D eigenvalue weighted by atomic mass is 35.5. The van der Waals surface area contributed by atoms with E-state index in [1.165, 1.54) is 37.9 Å². The normalized spacial score (nSPS) is 29.9. The van der Waals surface area contributed by atoms with Gasteiger partial charge in [0.2, 0.25) is 0 Å². The number of benzene rings is 1. The Morgan fingerprint density at radius 3 is 2.50 bits per heavy atom. The smallest absolute Gasteiger partial charge is 0.138 e. The van der Waals surface area contributed by atoms with Gasteiger partial charge in [-0.1, -0.05) is 12.1 Å². The zero-order valence-electron chi connectivity index (χ0n) is 15.6. The van der Waals surface area contributed by atoms with Crippen LogP contribution in [0.1, 0.15) is 12.8 Å². The maximum absolute atomic E-state index is 6.44. The fourth-order valence-electron chi connectivity index (χ4n) is 5.54. The summed E-state index contributed by atoms with van der Waals surface area (Å²) in [5.74, 6) is 3.24. The topological polar surface area (TPSA) is 41.1 Å². The van der Waals surface area contributed by atoms with Crippen LogP contribution in [-0.2, 0) is 0 Å². The quantitative estimate of drug-likeness (QED) is 0.665. The first-order chi connectivity index (χ1) is 12.8. The van der Waals surface area contributed by atoms with E-state index in [4.69, 9.17) is 4.74 Å². The summed E-state index contributed by atoms with van der Waals surface area (Å²) in [6.07, 6.45) is 6.95. The van der Waals surface area contributed by atoms with E-state index in [9.17, 15) is 0 Å². The summed E-state index contributed by atoms with van der Waals surface area (Å²) in [6.45, 7) is 3.76. The van der Waals surface area contributed by atoms with Crippen LogP contribution in [0, 0.1) is 17.8 Å². The number of rotatable bonds is 3. The minimum Gasteiger partial charge on any atom is -0.488 e. The molecule has 4 aliphatic rings. The van der Waals surface area contributed by atoms with Crippen molar-refractivity contribution in [3.63, 3.8) is 0 Å². The van der Waals surface area contributed by atoms with E-state index in [2.05, 4.69) is 51.3 Å². The second-order valence-electron chi connectivity index (χ2n) is 8.32. The van der Waals surface area contributed by atoms with Crippen LogP contribution in [0.25, 0.3) is 22.2 Å². The molecule has 28 heavy (non-hydrogen) atoms. The van der Waals surface area contributed by atoms with Gasteiger partial charge < -0.3 is 14.6 Å². The minimum atomic E-state index is 0. The van der Waals surface area contributed by atoms with Gasteiger partial charge in [0.1, 0.15) is 11.9 Å². The lowest BCUT2D eigenvalue weighted by molar-refractivity contribution is -0.0985. The molecule has 1 aliphatic carbocycles. The minimum absolute atomic E-state index is 0. The molecule has 7 rings (SSSR count). The van der Waals surface area contributed by atoms with Gasteiger partial charge in [0.05, 0.1) is 11.9 Å². The van der Waals surface area contributed by atoms with Crippen LogP contribution in [0.4, 0.5) is 0 Å². The van der Waals surface area contributed by atoms with Gasteiger partial charge in [0.15, 0.2) is 0 Å². The van der Waals surface area contributed by atoms with Gasteiger partial charge in [-0.25, -0.2) is 0 Å². The Morgan fingerprint density at radius 2 is 1.79 bits per heavy atom. The van der Waals surface area contributed by atoms with Gasteiger partial charge in [-0.2, -0.15) is 0 Å². The molecule has 6 heteroatoms. The van der Waals surface area contributed by atoms with Gasteiger partial charge in [-0.15, -0.1) is 24.8 Å². The van der Waals surface area contributed by atoms with Crippen molar-refractivity contribution in [1.29, 1.82) is 0 Å². The largest absolute Gasteiger partial charge is 0.488 e. The molecule has 3 aromatic rings. The van der Waals surface area contributed by atoms with Gasteiger partial charge in [0.25, 0.3) is 0 Å². The Kier molecular flexibility index (Phi) is 5.30. The third-order valence-electron chi connectivity index (χ3n) is 6.56. The lowest BCUT2D eigenvalue weighted by Gasteiger charge is -2.55. The van der Waals surface area contributed by atoms with Gasteiger partial charge >= 0.3 is 0 Å². The molecule has 0 unspecified atom stereocenters. The number of piperidine rings is 3.